The fourth-order valence-electron chi connectivity index (χ4n) is 4.60. The molecule has 0 bridgehead atoms. The third kappa shape index (κ3) is 12.0. The van der Waals surface area contributed by atoms with Crippen LogP contribution >= 0.6 is 59.5 Å². The summed E-state index contributed by atoms with van der Waals surface area (Å²) in [6.07, 6.45) is 1.96. The Balaban J connectivity index is 0.00000451. The third-order valence-corrected chi connectivity index (χ3v) is 9.37. The number of anilines is 1. The van der Waals surface area contributed by atoms with E-state index in [1.165, 1.54) is 30.0 Å². The molecule has 51 heavy (non-hydrogen) atoms. The van der Waals surface area contributed by atoms with Crippen LogP contribution < -0.4 is 27.3 Å². The molecule has 4 rings (SSSR count). The lowest BCUT2D eigenvalue weighted by molar-refractivity contribution is -0.148. The van der Waals surface area contributed by atoms with E-state index in [2.05, 4.69) is 22.4 Å². The number of unbranched alkanes of at least 4 members (excludes halogenated alkanes) is 1. The molecule has 0 aliphatic carbocycles. The zero-order valence-electron chi connectivity index (χ0n) is 27.5. The number of carbonyl (C=O) groups is 2. The minimum Gasteiger partial charge on any atom is -0.490 e. The van der Waals surface area contributed by atoms with Gasteiger partial charge in [-0.25, -0.2) is 14.8 Å². The number of pyridine rings is 1. The zero-order valence-corrected chi connectivity index (χ0v) is 31.5. The first-order valence-corrected chi connectivity index (χ1v) is 17.5. The van der Waals surface area contributed by atoms with Gasteiger partial charge in [0.05, 0.1) is 17.3 Å². The summed E-state index contributed by atoms with van der Waals surface area (Å²) in [5.74, 6) is -0.127. The molecule has 2 heterocycles. The predicted octanol–water partition coefficient (Wildman–Crippen LogP) is 5.87. The molecule has 0 unspecified atom stereocenters. The molecular formula is C34H37Cl3N8O4S2. The van der Waals surface area contributed by atoms with Crippen LogP contribution in [0.15, 0.2) is 58.9 Å². The quantitative estimate of drug-likeness (QED) is 0.0596. The molecule has 12 nitrogen and oxygen atoms in total. The molecule has 0 spiro atoms. The monoisotopic (exact) mass is 790 g/mol. The number of nitrogen functional groups attached to an aromatic ring is 1. The molecule has 4 aromatic rings. The number of hydrogen-bond acceptors (Lipinski definition) is 13. The van der Waals surface area contributed by atoms with Crippen LogP contribution in [0.1, 0.15) is 43.0 Å². The number of hydrogen-bond donors (Lipinski definition) is 4. The summed E-state index contributed by atoms with van der Waals surface area (Å²) in [5, 5.41) is 26.4. The van der Waals surface area contributed by atoms with Crippen molar-refractivity contribution >= 4 is 77.2 Å². The highest BCUT2D eigenvalue weighted by molar-refractivity contribution is 7.98. The Morgan fingerprint density at radius 3 is 2.31 bits per heavy atom. The van der Waals surface area contributed by atoms with Gasteiger partial charge in [0.2, 0.25) is 5.91 Å². The van der Waals surface area contributed by atoms with Crippen molar-refractivity contribution in [3.63, 3.8) is 0 Å². The smallest absolute Gasteiger partial charge is 0.328 e. The Kier molecular flexibility index (Phi) is 18.0. The number of nitriles is 2. The lowest BCUT2D eigenvalue weighted by atomic mass is 9.97. The van der Waals surface area contributed by atoms with Crippen molar-refractivity contribution < 1.29 is 19.1 Å². The number of aromatic nitrogens is 2. The number of nitrogens with zero attached hydrogens (tertiary/aromatic N) is 4. The number of amides is 1. The second kappa shape index (κ2) is 21.3. The molecular weight excluding hydrogens is 755 g/mol. The van der Waals surface area contributed by atoms with Gasteiger partial charge in [-0.1, -0.05) is 54.0 Å². The van der Waals surface area contributed by atoms with Gasteiger partial charge in [-0.3, -0.25) is 4.79 Å². The van der Waals surface area contributed by atoms with E-state index in [0.29, 0.717) is 45.6 Å². The summed E-state index contributed by atoms with van der Waals surface area (Å²) in [7, 11) is 0. The van der Waals surface area contributed by atoms with Crippen molar-refractivity contribution in [1.29, 1.82) is 10.5 Å². The molecule has 17 heteroatoms. The molecule has 270 valence electrons. The molecule has 0 saturated heterocycles. The van der Waals surface area contributed by atoms with Crippen LogP contribution in [0.2, 0.25) is 5.02 Å². The number of esters is 1. The number of nitrogens with one attached hydrogen (secondary N) is 1. The fraction of sp³-hybridized carbons (Fsp3) is 0.294. The van der Waals surface area contributed by atoms with Crippen LogP contribution in [0, 0.1) is 22.7 Å². The number of rotatable bonds is 16. The Labute approximate surface area is 321 Å². The summed E-state index contributed by atoms with van der Waals surface area (Å²) in [4.78, 5) is 33.6. The molecule has 0 radical (unpaired) electrons. The number of carbonyl (C=O) groups excluding carboxylic acids is 2. The van der Waals surface area contributed by atoms with E-state index < -0.39 is 24.0 Å². The zero-order chi connectivity index (χ0) is 35.3. The van der Waals surface area contributed by atoms with Gasteiger partial charge >= 0.3 is 5.97 Å². The van der Waals surface area contributed by atoms with E-state index in [9.17, 15) is 20.1 Å². The minimum absolute atomic E-state index is 0. The molecule has 7 N–H and O–H groups in total. The first-order chi connectivity index (χ1) is 23.6. The second-order valence-corrected chi connectivity index (χ2v) is 13.0. The largest absolute Gasteiger partial charge is 0.490 e. The number of nitrogens with two attached hydrogens (primary N) is 3. The highest BCUT2D eigenvalue weighted by Crippen LogP contribution is 2.37. The molecule has 0 saturated carbocycles. The maximum Gasteiger partial charge on any atom is 0.328 e. The van der Waals surface area contributed by atoms with Gasteiger partial charge in [0.15, 0.2) is 0 Å². The fourth-order valence-corrected chi connectivity index (χ4v) is 6.54. The van der Waals surface area contributed by atoms with Gasteiger partial charge in [-0.2, -0.15) is 10.5 Å². The molecule has 0 aliphatic heterocycles. The summed E-state index contributed by atoms with van der Waals surface area (Å²) >= 11 is 8.81. The number of benzene rings is 2. The average Bonchev–Trinajstić information content (AvgIpc) is 3.58. The van der Waals surface area contributed by atoms with Gasteiger partial charge in [0.25, 0.3) is 0 Å². The number of thioether (sulfide) groups is 1. The minimum atomic E-state index is -0.875. The average molecular weight is 792 g/mol. The van der Waals surface area contributed by atoms with E-state index in [1.54, 1.807) is 24.3 Å². The lowest BCUT2D eigenvalue weighted by Crippen LogP contribution is -2.47. The summed E-state index contributed by atoms with van der Waals surface area (Å²) in [6.45, 7) is 2.04. The van der Waals surface area contributed by atoms with Gasteiger partial charge in [-0.05, 0) is 56.1 Å². The molecule has 0 fully saturated rings. The van der Waals surface area contributed by atoms with E-state index in [1.807, 2.05) is 29.6 Å². The summed E-state index contributed by atoms with van der Waals surface area (Å²) in [5.41, 5.74) is 20.6. The third-order valence-electron chi connectivity index (χ3n) is 7.17. The van der Waals surface area contributed by atoms with Crippen LogP contribution in [-0.2, 0) is 20.1 Å². The molecule has 0 aliphatic rings. The normalized spacial score (nSPS) is 11.5. The van der Waals surface area contributed by atoms with E-state index in [-0.39, 0.29) is 55.0 Å². The van der Waals surface area contributed by atoms with Gasteiger partial charge < -0.3 is 32.0 Å². The molecule has 2 aromatic heterocycles. The van der Waals surface area contributed by atoms with Crippen LogP contribution in [0.5, 0.6) is 5.75 Å². The van der Waals surface area contributed by atoms with Crippen molar-refractivity contribution in [2.75, 3.05) is 25.5 Å². The molecule has 2 atom stereocenters. The first kappa shape index (κ1) is 43.0. The van der Waals surface area contributed by atoms with Crippen LogP contribution in [0.25, 0.3) is 21.7 Å². The Hall–Kier alpha value is -4.12. The van der Waals surface area contributed by atoms with Crippen molar-refractivity contribution in [2.45, 2.75) is 49.0 Å². The Morgan fingerprint density at radius 2 is 1.67 bits per heavy atom. The summed E-state index contributed by atoms with van der Waals surface area (Å²) < 4.78 is 10.9. The van der Waals surface area contributed by atoms with E-state index in [4.69, 9.17) is 43.3 Å². The van der Waals surface area contributed by atoms with Crippen molar-refractivity contribution in [2.24, 2.45) is 11.5 Å². The number of ether oxygens (including phenoxy) is 2. The van der Waals surface area contributed by atoms with E-state index in [0.717, 1.165) is 29.1 Å². The first-order valence-electron chi connectivity index (χ1n) is 15.3. The van der Waals surface area contributed by atoms with Gasteiger partial charge in [0, 0.05) is 27.3 Å². The maximum atomic E-state index is 12.3. The second-order valence-electron chi connectivity index (χ2n) is 10.8. The SMILES string of the molecule is C[C@H](NC(=O)[C@@H](N)CCCCN)C(=O)OCCOc1ccc(-c2c(C#N)c(N)nc(SCc3csc(-c4ccc(Cl)cc4)n3)c2C#N)cc1.Cl.Cl. The van der Waals surface area contributed by atoms with E-state index >= 15 is 0 Å². The number of halogens is 3. The Morgan fingerprint density at radius 1 is 1.00 bits per heavy atom. The standard InChI is InChI=1S/C34H35ClN8O4S2.2ClH/c1-20(41-31(44)28(39)4-2-3-13-36)34(45)47-15-14-46-25-11-7-21(8-12-25)29-26(16-37)30(40)43-33(27(29)17-38)49-19-24-18-48-32(42-24)22-5-9-23(35)10-6-22;;/h5-12,18,20,28H,2-4,13-15,19,36,39H2,1H3,(H2,40,43)(H,41,44);2*1H/t20-,28-;;/m0../s1. The highest BCUT2D eigenvalue weighted by atomic mass is 35.5. The topological polar surface area (TPSA) is 216 Å². The van der Waals surface area contributed by atoms with Gasteiger partial charge in [0.1, 0.15) is 58.6 Å². The van der Waals surface area contributed by atoms with Gasteiger partial charge in [-0.15, -0.1) is 36.2 Å². The molecule has 2 aromatic carbocycles. The maximum absolute atomic E-state index is 12.3. The Bertz CT molecular complexity index is 1850. The highest BCUT2D eigenvalue weighted by Gasteiger charge is 2.22. The van der Waals surface area contributed by atoms with Crippen LogP contribution in [0.4, 0.5) is 5.82 Å². The van der Waals surface area contributed by atoms with Crippen LogP contribution in [0.3, 0.4) is 0 Å². The number of thiazole rings is 1. The summed E-state index contributed by atoms with van der Waals surface area (Å²) in [6, 6.07) is 16.9. The van der Waals surface area contributed by atoms with Crippen LogP contribution in [-0.4, -0.2) is 53.7 Å². The van der Waals surface area contributed by atoms with Crippen molar-refractivity contribution in [1.82, 2.24) is 15.3 Å². The molecule has 1 amide bonds. The van der Waals surface area contributed by atoms with Crippen molar-refractivity contribution in [3.05, 3.63) is 75.8 Å². The predicted molar refractivity (Wildman–Crippen MR) is 205 cm³/mol. The van der Waals surface area contributed by atoms with Crippen molar-refractivity contribution in [3.8, 4) is 39.6 Å². The lowest BCUT2D eigenvalue weighted by Gasteiger charge is -2.17.